The van der Waals surface area contributed by atoms with E-state index in [-0.39, 0.29) is 34.2 Å². The zero-order valence-corrected chi connectivity index (χ0v) is 23.6. The quantitative estimate of drug-likeness (QED) is 0.449. The van der Waals surface area contributed by atoms with E-state index in [1.807, 2.05) is 6.07 Å². The van der Waals surface area contributed by atoms with Crippen molar-refractivity contribution in [2.45, 2.75) is 57.7 Å². The van der Waals surface area contributed by atoms with Crippen LogP contribution in [0.25, 0.3) is 0 Å². The van der Waals surface area contributed by atoms with Gasteiger partial charge in [0.2, 0.25) is 21.8 Å². The number of ether oxygens (including phenoxy) is 1. The summed E-state index contributed by atoms with van der Waals surface area (Å²) >= 11 is 12.2. The number of amides is 2. The second-order valence-corrected chi connectivity index (χ2v) is 12.1. The number of benzene rings is 2. The lowest BCUT2D eigenvalue weighted by Crippen LogP contribution is -2.52. The van der Waals surface area contributed by atoms with Crippen LogP contribution < -0.4 is 14.4 Å². The summed E-state index contributed by atoms with van der Waals surface area (Å²) in [7, 11) is -2.34. The molecule has 3 rings (SSSR count). The summed E-state index contributed by atoms with van der Waals surface area (Å²) in [6.07, 6.45) is 6.06. The van der Waals surface area contributed by atoms with Crippen LogP contribution in [0.2, 0.25) is 10.0 Å². The zero-order valence-electron chi connectivity index (χ0n) is 21.2. The number of carbonyl (C=O) groups is 2. The Hall–Kier alpha value is -2.49. The predicted octanol–water partition coefficient (Wildman–Crippen LogP) is 4.63. The van der Waals surface area contributed by atoms with Crippen molar-refractivity contribution in [1.82, 2.24) is 10.2 Å². The molecule has 37 heavy (non-hydrogen) atoms. The normalized spacial score (nSPS) is 15.1. The van der Waals surface area contributed by atoms with Crippen molar-refractivity contribution < 1.29 is 22.7 Å². The van der Waals surface area contributed by atoms with Crippen molar-refractivity contribution >= 4 is 50.7 Å². The zero-order chi connectivity index (χ0) is 27.2. The Morgan fingerprint density at radius 1 is 1.08 bits per heavy atom. The highest BCUT2D eigenvalue weighted by molar-refractivity contribution is 7.92. The number of methoxy groups -OCH3 is 1. The molecule has 0 saturated heterocycles. The molecule has 1 aliphatic carbocycles. The number of rotatable bonds is 10. The smallest absolute Gasteiger partial charge is 0.244 e. The van der Waals surface area contributed by atoms with Crippen LogP contribution in [-0.4, -0.2) is 57.1 Å². The highest BCUT2D eigenvalue weighted by Crippen LogP contribution is 2.27. The van der Waals surface area contributed by atoms with E-state index < -0.39 is 28.5 Å². The van der Waals surface area contributed by atoms with Gasteiger partial charge in [-0.2, -0.15) is 0 Å². The number of nitrogens with zero attached hydrogens (tertiary/aromatic N) is 2. The van der Waals surface area contributed by atoms with Gasteiger partial charge in [0, 0.05) is 22.6 Å². The van der Waals surface area contributed by atoms with E-state index in [2.05, 4.69) is 5.32 Å². The molecule has 1 aliphatic rings. The average molecular weight is 571 g/mol. The number of hydrogen-bond donors (Lipinski definition) is 1. The lowest BCUT2D eigenvalue weighted by molar-refractivity contribution is -0.139. The molecule has 0 radical (unpaired) electrons. The van der Waals surface area contributed by atoms with E-state index in [1.165, 1.54) is 23.1 Å². The maximum Gasteiger partial charge on any atom is 0.244 e. The van der Waals surface area contributed by atoms with Gasteiger partial charge in [0.25, 0.3) is 0 Å². The summed E-state index contributed by atoms with van der Waals surface area (Å²) in [5, 5.41) is 3.54. The molecule has 2 aromatic rings. The van der Waals surface area contributed by atoms with Gasteiger partial charge in [-0.3, -0.25) is 13.9 Å². The Morgan fingerprint density at radius 3 is 2.32 bits per heavy atom. The van der Waals surface area contributed by atoms with Crippen LogP contribution >= 0.6 is 23.2 Å². The van der Waals surface area contributed by atoms with Crippen LogP contribution in [0.15, 0.2) is 42.5 Å². The molecule has 0 spiro atoms. The Kier molecular flexibility index (Phi) is 10.1. The Bertz CT molecular complexity index is 1200. The molecule has 11 heteroatoms. The topological polar surface area (TPSA) is 96.0 Å². The van der Waals surface area contributed by atoms with Crippen LogP contribution in [0.4, 0.5) is 5.69 Å². The van der Waals surface area contributed by atoms with E-state index in [9.17, 15) is 18.0 Å². The number of sulfonamides is 1. The van der Waals surface area contributed by atoms with Gasteiger partial charge in [-0.15, -0.1) is 0 Å². The van der Waals surface area contributed by atoms with Crippen LogP contribution in [0.5, 0.6) is 5.75 Å². The molecule has 1 atom stereocenters. The fraction of sp³-hybridized carbons (Fsp3) is 0.462. The van der Waals surface area contributed by atoms with Crippen LogP contribution in [0.1, 0.15) is 44.6 Å². The number of halogens is 2. The Morgan fingerprint density at radius 2 is 1.73 bits per heavy atom. The van der Waals surface area contributed by atoms with Crippen molar-refractivity contribution in [3.8, 4) is 5.75 Å². The first kappa shape index (κ1) is 29.1. The number of carbonyl (C=O) groups excluding carboxylic acids is 2. The molecule has 0 bridgehead atoms. The second-order valence-electron chi connectivity index (χ2n) is 9.29. The third-order valence-electron chi connectivity index (χ3n) is 6.42. The maximum absolute atomic E-state index is 13.7. The van der Waals surface area contributed by atoms with Crippen molar-refractivity contribution in [2.24, 2.45) is 0 Å². The van der Waals surface area contributed by atoms with Gasteiger partial charge in [-0.25, -0.2) is 8.42 Å². The number of nitrogens with one attached hydrogen (secondary N) is 1. The molecular weight excluding hydrogens is 537 g/mol. The Balaban J connectivity index is 1.90. The first-order chi connectivity index (χ1) is 17.5. The third-order valence-corrected chi connectivity index (χ3v) is 8.00. The van der Waals surface area contributed by atoms with Gasteiger partial charge >= 0.3 is 0 Å². The molecule has 2 amide bonds. The minimum Gasteiger partial charge on any atom is -0.497 e. The molecule has 1 unspecified atom stereocenters. The summed E-state index contributed by atoms with van der Waals surface area (Å²) < 4.78 is 31.6. The van der Waals surface area contributed by atoms with E-state index in [1.54, 1.807) is 32.2 Å². The molecule has 1 N–H and O–H groups in total. The van der Waals surface area contributed by atoms with Gasteiger partial charge in [-0.1, -0.05) is 54.6 Å². The van der Waals surface area contributed by atoms with Gasteiger partial charge in [0.05, 0.1) is 19.1 Å². The van der Waals surface area contributed by atoms with Crippen molar-refractivity contribution in [3.05, 3.63) is 58.1 Å². The van der Waals surface area contributed by atoms with E-state index in [0.717, 1.165) is 48.2 Å². The summed E-state index contributed by atoms with van der Waals surface area (Å²) in [5.41, 5.74) is 0.899. The lowest BCUT2D eigenvalue weighted by atomic mass is 9.95. The maximum atomic E-state index is 13.7. The molecule has 202 valence electrons. The molecule has 8 nitrogen and oxygen atoms in total. The lowest BCUT2D eigenvalue weighted by Gasteiger charge is -2.33. The van der Waals surface area contributed by atoms with Crippen LogP contribution in [0.3, 0.4) is 0 Å². The summed E-state index contributed by atoms with van der Waals surface area (Å²) in [5.74, 6) is -0.217. The van der Waals surface area contributed by atoms with Gasteiger partial charge in [0.1, 0.15) is 18.3 Å². The minimum atomic E-state index is -3.88. The summed E-state index contributed by atoms with van der Waals surface area (Å²) in [6.45, 7) is 1.21. The van der Waals surface area contributed by atoms with Crippen molar-refractivity contribution in [2.75, 3.05) is 24.2 Å². The first-order valence-electron chi connectivity index (χ1n) is 12.1. The predicted molar refractivity (Wildman–Crippen MR) is 147 cm³/mol. The highest BCUT2D eigenvalue weighted by Gasteiger charge is 2.31. The fourth-order valence-electron chi connectivity index (χ4n) is 4.42. The molecule has 1 saturated carbocycles. The third kappa shape index (κ3) is 8.25. The van der Waals surface area contributed by atoms with Gasteiger partial charge < -0.3 is 15.0 Å². The summed E-state index contributed by atoms with van der Waals surface area (Å²) in [6, 6.07) is 10.7. The number of hydrogen-bond acceptors (Lipinski definition) is 5. The molecule has 0 heterocycles. The van der Waals surface area contributed by atoms with Crippen molar-refractivity contribution in [1.29, 1.82) is 0 Å². The minimum absolute atomic E-state index is 0.0681. The Labute approximate surface area is 228 Å². The van der Waals surface area contributed by atoms with E-state index >= 15 is 0 Å². The molecule has 0 aromatic heterocycles. The highest BCUT2D eigenvalue weighted by atomic mass is 35.5. The monoisotopic (exact) mass is 569 g/mol. The van der Waals surface area contributed by atoms with Crippen LogP contribution in [0, 0.1) is 0 Å². The summed E-state index contributed by atoms with van der Waals surface area (Å²) in [4.78, 5) is 28.3. The molecule has 1 fully saturated rings. The van der Waals surface area contributed by atoms with E-state index in [0.29, 0.717) is 5.75 Å². The number of anilines is 1. The molecule has 2 aromatic carbocycles. The average Bonchev–Trinajstić information content (AvgIpc) is 2.84. The molecular formula is C26H33Cl2N3O5S. The first-order valence-corrected chi connectivity index (χ1v) is 14.7. The fourth-order valence-corrected chi connectivity index (χ4v) is 5.76. The second kappa shape index (κ2) is 12.8. The van der Waals surface area contributed by atoms with E-state index in [4.69, 9.17) is 27.9 Å². The SMILES string of the molecule is COc1cccc(CN(C(=O)CN(c2cc(Cl)cc(Cl)c2)S(C)(=O)=O)C(C)C(=O)NC2CCCCC2)c1. The molecule has 0 aliphatic heterocycles. The van der Waals surface area contributed by atoms with Gasteiger partial charge in [-0.05, 0) is 55.7 Å². The van der Waals surface area contributed by atoms with Gasteiger partial charge in [0.15, 0.2) is 0 Å². The largest absolute Gasteiger partial charge is 0.497 e. The van der Waals surface area contributed by atoms with Crippen molar-refractivity contribution in [3.63, 3.8) is 0 Å². The standard InChI is InChI=1S/C26H33Cl2N3O5S/c1-18(26(33)29-22-9-5-4-6-10-22)30(16-19-8-7-11-24(12-19)36-2)25(32)17-31(37(3,34)35)23-14-20(27)13-21(28)15-23/h7-8,11-15,18,22H,4-6,9-10,16-17H2,1-3H3,(H,29,33). The van der Waals surface area contributed by atoms with Crippen LogP contribution in [-0.2, 0) is 26.2 Å².